The van der Waals surface area contributed by atoms with E-state index in [9.17, 15) is 0 Å². The standard InChI is InChI=1S/C6H5ClN4OS/c1-3-10-11-4(2-8-12)5(7)9-6(11)13-3/h2,12H,1H3. The minimum absolute atomic E-state index is 0.288. The topological polar surface area (TPSA) is 62.8 Å². The van der Waals surface area contributed by atoms with Gasteiger partial charge in [0.15, 0.2) is 5.15 Å². The van der Waals surface area contributed by atoms with Gasteiger partial charge in [-0.15, -0.1) is 0 Å². The van der Waals surface area contributed by atoms with Gasteiger partial charge in [-0.2, -0.15) is 5.10 Å². The Labute approximate surface area is 82.3 Å². The first-order chi connectivity index (χ1) is 6.22. The van der Waals surface area contributed by atoms with Gasteiger partial charge in [-0.3, -0.25) is 0 Å². The molecule has 2 rings (SSSR count). The molecule has 0 bridgehead atoms. The third-order valence-corrected chi connectivity index (χ3v) is 2.58. The number of rotatable bonds is 1. The summed E-state index contributed by atoms with van der Waals surface area (Å²) in [4.78, 5) is 4.73. The van der Waals surface area contributed by atoms with E-state index in [0.29, 0.717) is 10.7 Å². The molecule has 7 heteroatoms. The number of hydrogen-bond acceptors (Lipinski definition) is 5. The Morgan fingerprint density at radius 1 is 1.69 bits per heavy atom. The quantitative estimate of drug-likeness (QED) is 0.447. The van der Waals surface area contributed by atoms with Crippen molar-refractivity contribution < 1.29 is 5.21 Å². The largest absolute Gasteiger partial charge is 0.411 e. The number of nitrogens with zero attached hydrogens (tertiary/aromatic N) is 4. The first-order valence-corrected chi connectivity index (χ1v) is 4.61. The molecule has 5 nitrogen and oxygen atoms in total. The molecule has 68 valence electrons. The van der Waals surface area contributed by atoms with Crippen LogP contribution >= 0.6 is 22.9 Å². The van der Waals surface area contributed by atoms with Gasteiger partial charge < -0.3 is 5.21 Å². The lowest BCUT2D eigenvalue weighted by Crippen LogP contribution is -1.92. The molecule has 0 aliphatic carbocycles. The maximum Gasteiger partial charge on any atom is 0.214 e. The molecule has 2 heterocycles. The average molecular weight is 217 g/mol. The lowest BCUT2D eigenvalue weighted by atomic mass is 10.5. The molecule has 0 radical (unpaired) electrons. The monoisotopic (exact) mass is 216 g/mol. The van der Waals surface area contributed by atoms with Crippen molar-refractivity contribution in [2.24, 2.45) is 5.16 Å². The van der Waals surface area contributed by atoms with Gasteiger partial charge in [-0.1, -0.05) is 28.1 Å². The van der Waals surface area contributed by atoms with E-state index < -0.39 is 0 Å². The molecule has 0 unspecified atom stereocenters. The fraction of sp³-hybridized carbons (Fsp3) is 0.167. The van der Waals surface area contributed by atoms with Crippen LogP contribution in [0.15, 0.2) is 5.16 Å². The third-order valence-electron chi connectivity index (χ3n) is 1.47. The van der Waals surface area contributed by atoms with Gasteiger partial charge in [0.25, 0.3) is 0 Å². The van der Waals surface area contributed by atoms with Crippen LogP contribution in [0, 0.1) is 6.92 Å². The summed E-state index contributed by atoms with van der Waals surface area (Å²) in [5.74, 6) is 0. The summed E-state index contributed by atoms with van der Waals surface area (Å²) < 4.78 is 1.54. The van der Waals surface area contributed by atoms with Crippen molar-refractivity contribution in [1.82, 2.24) is 14.6 Å². The number of oxime groups is 1. The van der Waals surface area contributed by atoms with Crippen LogP contribution in [0.4, 0.5) is 0 Å². The lowest BCUT2D eigenvalue weighted by molar-refractivity contribution is 0.321. The minimum atomic E-state index is 0.288. The maximum atomic E-state index is 8.37. The van der Waals surface area contributed by atoms with Crippen LogP contribution in [0.1, 0.15) is 10.7 Å². The highest BCUT2D eigenvalue weighted by atomic mass is 35.5. The number of imidazole rings is 1. The highest BCUT2D eigenvalue weighted by Crippen LogP contribution is 2.20. The van der Waals surface area contributed by atoms with E-state index in [-0.39, 0.29) is 5.15 Å². The first kappa shape index (κ1) is 8.46. The molecule has 0 atom stereocenters. The second kappa shape index (κ2) is 2.97. The third kappa shape index (κ3) is 1.27. The summed E-state index contributed by atoms with van der Waals surface area (Å²) in [5.41, 5.74) is 0.489. The first-order valence-electron chi connectivity index (χ1n) is 3.41. The summed E-state index contributed by atoms with van der Waals surface area (Å²) in [7, 11) is 0. The highest BCUT2D eigenvalue weighted by Gasteiger charge is 2.11. The number of fused-ring (bicyclic) bond motifs is 1. The van der Waals surface area contributed by atoms with Gasteiger partial charge in [0, 0.05) is 0 Å². The Kier molecular flexibility index (Phi) is 1.93. The van der Waals surface area contributed by atoms with E-state index in [0.717, 1.165) is 5.01 Å². The van der Waals surface area contributed by atoms with Crippen LogP contribution in [0.5, 0.6) is 0 Å². The molecule has 0 saturated carbocycles. The molecule has 13 heavy (non-hydrogen) atoms. The van der Waals surface area contributed by atoms with Gasteiger partial charge >= 0.3 is 0 Å². The molecule has 0 aliphatic heterocycles. The van der Waals surface area contributed by atoms with E-state index in [2.05, 4.69) is 15.2 Å². The minimum Gasteiger partial charge on any atom is -0.411 e. The molecule has 0 fully saturated rings. The second-order valence-electron chi connectivity index (χ2n) is 2.35. The van der Waals surface area contributed by atoms with Crippen LogP contribution in [0.3, 0.4) is 0 Å². The van der Waals surface area contributed by atoms with Gasteiger partial charge in [0.05, 0.1) is 6.21 Å². The summed E-state index contributed by atoms with van der Waals surface area (Å²) in [5, 5.41) is 16.6. The summed E-state index contributed by atoms with van der Waals surface area (Å²) in [6.07, 6.45) is 1.21. The Morgan fingerprint density at radius 3 is 3.15 bits per heavy atom. The van der Waals surface area contributed by atoms with E-state index in [1.807, 2.05) is 6.92 Å². The van der Waals surface area contributed by atoms with Crippen molar-refractivity contribution >= 4 is 34.1 Å². The van der Waals surface area contributed by atoms with Crippen molar-refractivity contribution in [2.45, 2.75) is 6.92 Å². The zero-order valence-corrected chi connectivity index (χ0v) is 8.17. The molecular formula is C6H5ClN4OS. The fourth-order valence-corrected chi connectivity index (χ4v) is 2.01. The van der Waals surface area contributed by atoms with E-state index in [4.69, 9.17) is 16.8 Å². The summed E-state index contributed by atoms with van der Waals surface area (Å²) in [6.45, 7) is 1.87. The molecule has 1 N–H and O–H groups in total. The van der Waals surface area contributed by atoms with Crippen molar-refractivity contribution in [3.05, 3.63) is 15.9 Å². The number of halogens is 1. The Balaban J connectivity index is 2.75. The summed E-state index contributed by atoms with van der Waals surface area (Å²) in [6, 6.07) is 0. The average Bonchev–Trinajstić information content (AvgIpc) is 2.52. The molecule has 2 aromatic heterocycles. The SMILES string of the molecule is Cc1nn2c(C=NO)c(Cl)nc2s1. The molecule has 0 aromatic carbocycles. The predicted molar refractivity (Wildman–Crippen MR) is 50.0 cm³/mol. The zero-order chi connectivity index (χ0) is 9.42. The fourth-order valence-electron chi connectivity index (χ4n) is 0.998. The zero-order valence-electron chi connectivity index (χ0n) is 6.60. The van der Waals surface area contributed by atoms with E-state index in [1.165, 1.54) is 17.6 Å². The van der Waals surface area contributed by atoms with Crippen molar-refractivity contribution in [3.63, 3.8) is 0 Å². The van der Waals surface area contributed by atoms with Gasteiger partial charge in [0.1, 0.15) is 10.7 Å². The van der Waals surface area contributed by atoms with Gasteiger partial charge in [-0.25, -0.2) is 9.50 Å². The molecule has 0 aliphatic rings. The van der Waals surface area contributed by atoms with Crippen LogP contribution in [0.25, 0.3) is 4.96 Å². The van der Waals surface area contributed by atoms with Gasteiger partial charge in [-0.05, 0) is 6.92 Å². The van der Waals surface area contributed by atoms with Crippen LogP contribution in [-0.4, -0.2) is 26.0 Å². The Morgan fingerprint density at radius 2 is 2.46 bits per heavy atom. The molecule has 0 amide bonds. The number of hydrogen-bond donors (Lipinski definition) is 1. The Bertz CT molecular complexity index is 474. The molecular weight excluding hydrogens is 212 g/mol. The van der Waals surface area contributed by atoms with E-state index in [1.54, 1.807) is 4.52 Å². The van der Waals surface area contributed by atoms with Crippen LogP contribution in [0.2, 0.25) is 5.15 Å². The van der Waals surface area contributed by atoms with Crippen molar-refractivity contribution in [2.75, 3.05) is 0 Å². The Hall–Kier alpha value is -1.14. The lowest BCUT2D eigenvalue weighted by Gasteiger charge is -1.86. The number of aromatic nitrogens is 3. The molecule has 0 spiro atoms. The van der Waals surface area contributed by atoms with Crippen LogP contribution in [-0.2, 0) is 0 Å². The van der Waals surface area contributed by atoms with Crippen LogP contribution < -0.4 is 0 Å². The molecule has 0 saturated heterocycles. The highest BCUT2D eigenvalue weighted by molar-refractivity contribution is 7.16. The normalized spacial score (nSPS) is 11.8. The summed E-state index contributed by atoms with van der Waals surface area (Å²) >= 11 is 7.20. The van der Waals surface area contributed by atoms with Crippen molar-refractivity contribution in [1.29, 1.82) is 0 Å². The molecule has 2 aromatic rings. The van der Waals surface area contributed by atoms with E-state index >= 15 is 0 Å². The number of aryl methyl sites for hydroxylation is 1. The predicted octanol–water partition coefficient (Wildman–Crippen LogP) is 1.56. The smallest absolute Gasteiger partial charge is 0.214 e. The second-order valence-corrected chi connectivity index (χ2v) is 3.87. The van der Waals surface area contributed by atoms with Crippen molar-refractivity contribution in [3.8, 4) is 0 Å². The maximum absolute atomic E-state index is 8.37. The van der Waals surface area contributed by atoms with Gasteiger partial charge in [0.2, 0.25) is 4.96 Å².